The van der Waals surface area contributed by atoms with Crippen molar-refractivity contribution in [2.45, 2.75) is 38.1 Å². The highest BCUT2D eigenvalue weighted by atomic mass is 35.5. The predicted molar refractivity (Wildman–Crippen MR) is 88.8 cm³/mol. The van der Waals surface area contributed by atoms with Crippen molar-refractivity contribution in [2.75, 3.05) is 7.05 Å². The van der Waals surface area contributed by atoms with E-state index in [4.69, 9.17) is 23.2 Å². The summed E-state index contributed by atoms with van der Waals surface area (Å²) < 4.78 is 0. The molecular weight excluding hydrogens is 301 g/mol. The molecule has 1 nitrogen and oxygen atoms in total. The molecule has 21 heavy (non-hydrogen) atoms. The summed E-state index contributed by atoms with van der Waals surface area (Å²) in [6, 6.07) is 6.36. The summed E-state index contributed by atoms with van der Waals surface area (Å²) >= 11 is 12.6. The van der Waals surface area contributed by atoms with Gasteiger partial charge in [-0.15, -0.1) is 0 Å². The molecule has 1 atom stereocenters. The first kappa shape index (κ1) is 14.4. The molecule has 0 heterocycles. The highest BCUT2D eigenvalue weighted by Crippen LogP contribution is 2.59. The Morgan fingerprint density at radius 3 is 2.14 bits per heavy atom. The van der Waals surface area contributed by atoms with Gasteiger partial charge < -0.3 is 5.32 Å². The van der Waals surface area contributed by atoms with Crippen LogP contribution in [0.1, 0.15) is 43.7 Å². The molecule has 4 aliphatic carbocycles. The van der Waals surface area contributed by atoms with Crippen molar-refractivity contribution < 1.29 is 0 Å². The molecule has 5 rings (SSSR count). The normalized spacial score (nSPS) is 38.7. The fraction of sp³-hybridized carbons (Fsp3) is 0.667. The van der Waals surface area contributed by atoms with Crippen LogP contribution in [-0.4, -0.2) is 7.05 Å². The fourth-order valence-corrected chi connectivity index (χ4v) is 6.35. The van der Waals surface area contributed by atoms with Gasteiger partial charge in [-0.1, -0.05) is 29.3 Å². The van der Waals surface area contributed by atoms with E-state index >= 15 is 0 Å². The van der Waals surface area contributed by atoms with Gasteiger partial charge >= 0.3 is 0 Å². The molecule has 0 saturated heterocycles. The highest BCUT2D eigenvalue weighted by Gasteiger charge is 2.50. The molecule has 4 aliphatic rings. The van der Waals surface area contributed by atoms with Crippen molar-refractivity contribution in [3.05, 3.63) is 33.8 Å². The molecule has 0 amide bonds. The van der Waals surface area contributed by atoms with Crippen LogP contribution < -0.4 is 5.32 Å². The van der Waals surface area contributed by atoms with Crippen LogP contribution in [0, 0.1) is 29.6 Å². The Kier molecular flexibility index (Phi) is 3.72. The molecule has 1 aromatic carbocycles. The summed E-state index contributed by atoms with van der Waals surface area (Å²) in [5, 5.41) is 5.12. The molecule has 0 aromatic heterocycles. The van der Waals surface area contributed by atoms with Crippen molar-refractivity contribution in [1.82, 2.24) is 5.32 Å². The number of hydrogen-bond acceptors (Lipinski definition) is 1. The van der Waals surface area contributed by atoms with Gasteiger partial charge in [0.15, 0.2) is 0 Å². The summed E-state index contributed by atoms with van der Waals surface area (Å²) in [7, 11) is 2.08. The Morgan fingerprint density at radius 2 is 1.62 bits per heavy atom. The van der Waals surface area contributed by atoms with Gasteiger partial charge in [0.1, 0.15) is 0 Å². The maximum Gasteiger partial charge on any atom is 0.0468 e. The average molecular weight is 324 g/mol. The van der Waals surface area contributed by atoms with E-state index in [1.54, 1.807) is 0 Å². The summed E-state index contributed by atoms with van der Waals surface area (Å²) in [5.41, 5.74) is 1.24. The number of nitrogens with one attached hydrogen (secondary N) is 1. The third-order valence-corrected chi connectivity index (χ3v) is 6.86. The maximum atomic E-state index is 6.49. The SMILES string of the molecule is CNC(c1ccc(Cl)cc1Cl)C1C2CC3CC(C2)CC1C3. The molecule has 1 aromatic rings. The lowest BCUT2D eigenvalue weighted by Gasteiger charge is -2.56. The van der Waals surface area contributed by atoms with E-state index in [0.717, 1.165) is 39.6 Å². The van der Waals surface area contributed by atoms with Crippen LogP contribution in [0.4, 0.5) is 0 Å². The van der Waals surface area contributed by atoms with Crippen LogP contribution in [0.15, 0.2) is 18.2 Å². The van der Waals surface area contributed by atoms with Crippen molar-refractivity contribution in [1.29, 1.82) is 0 Å². The summed E-state index contributed by atoms with van der Waals surface area (Å²) in [5.74, 6) is 4.57. The molecule has 0 spiro atoms. The number of benzene rings is 1. The summed E-state index contributed by atoms with van der Waals surface area (Å²) in [6.07, 6.45) is 7.29. The standard InChI is InChI=1S/C18H23Cl2N/c1-21-18(15-3-2-14(19)9-16(15)20)17-12-5-10-4-11(7-12)8-13(17)6-10/h2-3,9-13,17-18,21H,4-8H2,1H3. The Hall–Kier alpha value is -0.240. The second kappa shape index (κ2) is 5.44. The third kappa shape index (κ3) is 2.42. The van der Waals surface area contributed by atoms with Crippen LogP contribution in [0.25, 0.3) is 0 Å². The van der Waals surface area contributed by atoms with Gasteiger partial charge in [0.2, 0.25) is 0 Å². The molecular formula is C18H23Cl2N. The Balaban J connectivity index is 1.67. The second-order valence-electron chi connectivity index (χ2n) is 7.44. The fourth-order valence-electron chi connectivity index (χ4n) is 5.82. The largest absolute Gasteiger partial charge is 0.313 e. The van der Waals surface area contributed by atoms with Gasteiger partial charge in [-0.25, -0.2) is 0 Å². The minimum absolute atomic E-state index is 0.379. The van der Waals surface area contributed by atoms with E-state index in [0.29, 0.717) is 6.04 Å². The maximum absolute atomic E-state index is 6.49. The second-order valence-corrected chi connectivity index (χ2v) is 8.28. The molecule has 114 valence electrons. The molecule has 1 N–H and O–H groups in total. The van der Waals surface area contributed by atoms with Gasteiger partial charge in [0, 0.05) is 16.1 Å². The Labute approximate surface area is 137 Å². The Bertz CT molecular complexity index is 514. The molecule has 1 unspecified atom stereocenters. The lowest BCUT2D eigenvalue weighted by atomic mass is 9.50. The lowest BCUT2D eigenvalue weighted by molar-refractivity contribution is -0.0515. The van der Waals surface area contributed by atoms with Gasteiger partial charge in [-0.2, -0.15) is 0 Å². The first-order valence-corrected chi connectivity index (χ1v) is 9.03. The van der Waals surface area contributed by atoms with Crippen LogP contribution in [0.3, 0.4) is 0 Å². The zero-order valence-electron chi connectivity index (χ0n) is 12.5. The highest BCUT2D eigenvalue weighted by molar-refractivity contribution is 6.35. The molecule has 4 saturated carbocycles. The zero-order chi connectivity index (χ0) is 14.6. The van der Waals surface area contributed by atoms with E-state index < -0.39 is 0 Å². The Morgan fingerprint density at radius 1 is 1.00 bits per heavy atom. The smallest absolute Gasteiger partial charge is 0.0468 e. The monoisotopic (exact) mass is 323 g/mol. The van der Waals surface area contributed by atoms with Crippen molar-refractivity contribution in [3.63, 3.8) is 0 Å². The van der Waals surface area contributed by atoms with Gasteiger partial charge in [0.25, 0.3) is 0 Å². The lowest BCUT2D eigenvalue weighted by Crippen LogP contribution is -2.49. The van der Waals surface area contributed by atoms with E-state index in [2.05, 4.69) is 18.4 Å². The first-order chi connectivity index (χ1) is 10.2. The molecule has 4 fully saturated rings. The van der Waals surface area contributed by atoms with Gasteiger partial charge in [0.05, 0.1) is 0 Å². The van der Waals surface area contributed by atoms with E-state index in [1.807, 2.05) is 12.1 Å². The predicted octanol–water partition coefficient (Wildman–Crippen LogP) is 5.33. The molecule has 0 aliphatic heterocycles. The minimum Gasteiger partial charge on any atom is -0.313 e. The van der Waals surface area contributed by atoms with Crippen LogP contribution in [-0.2, 0) is 0 Å². The molecule has 4 bridgehead atoms. The quantitative estimate of drug-likeness (QED) is 0.793. The topological polar surface area (TPSA) is 12.0 Å². The third-order valence-electron chi connectivity index (χ3n) is 6.29. The summed E-state index contributed by atoms with van der Waals surface area (Å²) in [6.45, 7) is 0. The summed E-state index contributed by atoms with van der Waals surface area (Å²) in [4.78, 5) is 0. The molecule has 0 radical (unpaired) electrons. The molecule has 3 heteroatoms. The van der Waals surface area contributed by atoms with Crippen LogP contribution >= 0.6 is 23.2 Å². The van der Waals surface area contributed by atoms with E-state index in [9.17, 15) is 0 Å². The average Bonchev–Trinajstić information content (AvgIpc) is 2.43. The van der Waals surface area contributed by atoms with E-state index in [-0.39, 0.29) is 0 Å². The van der Waals surface area contributed by atoms with Crippen molar-refractivity contribution in [3.8, 4) is 0 Å². The van der Waals surface area contributed by atoms with Gasteiger partial charge in [-0.3, -0.25) is 0 Å². The van der Waals surface area contributed by atoms with Crippen LogP contribution in [0.5, 0.6) is 0 Å². The number of hydrogen-bond donors (Lipinski definition) is 1. The first-order valence-electron chi connectivity index (χ1n) is 8.28. The van der Waals surface area contributed by atoms with Gasteiger partial charge in [-0.05, 0) is 86.4 Å². The van der Waals surface area contributed by atoms with Crippen LogP contribution in [0.2, 0.25) is 10.0 Å². The number of rotatable bonds is 3. The van der Waals surface area contributed by atoms with Crippen molar-refractivity contribution in [2.24, 2.45) is 29.6 Å². The van der Waals surface area contributed by atoms with Crippen molar-refractivity contribution >= 4 is 23.2 Å². The minimum atomic E-state index is 0.379. The van der Waals surface area contributed by atoms with E-state index in [1.165, 1.54) is 37.7 Å². The number of halogens is 2. The zero-order valence-corrected chi connectivity index (χ0v) is 14.0.